The van der Waals surface area contributed by atoms with E-state index in [0.717, 1.165) is 0 Å². The summed E-state index contributed by atoms with van der Waals surface area (Å²) >= 11 is 0. The van der Waals surface area contributed by atoms with Gasteiger partial charge < -0.3 is 19.7 Å². The van der Waals surface area contributed by atoms with Gasteiger partial charge >= 0.3 is 0 Å². The Morgan fingerprint density at radius 2 is 1.33 bits per heavy atom. The minimum atomic E-state index is 0.00662. The number of ether oxygens (including phenoxy) is 2. The summed E-state index contributed by atoms with van der Waals surface area (Å²) in [5.41, 5.74) is 0. The highest BCUT2D eigenvalue weighted by Gasteiger charge is 2.46. The molecule has 2 saturated heterocycles. The standard InChI is InChI=1S/C8H14O4/c9-1-5-3-11-8-6(2-10)4-12-7(5)8/h5-10H,1-4H2/t5?,6?,7-,8?/m1/s1. The minimum absolute atomic E-state index is 0.00662. The average Bonchev–Trinajstić information content (AvgIpc) is 2.62. The Kier molecular flexibility index (Phi) is 2.32. The predicted molar refractivity (Wildman–Crippen MR) is 40.6 cm³/mol. The van der Waals surface area contributed by atoms with E-state index in [1.807, 2.05) is 0 Å². The molecule has 0 saturated carbocycles. The quantitative estimate of drug-likeness (QED) is 0.564. The fraction of sp³-hybridized carbons (Fsp3) is 1.00. The van der Waals surface area contributed by atoms with Crippen molar-refractivity contribution in [3.63, 3.8) is 0 Å². The maximum atomic E-state index is 8.95. The van der Waals surface area contributed by atoms with E-state index in [-0.39, 0.29) is 37.3 Å². The molecule has 3 unspecified atom stereocenters. The maximum absolute atomic E-state index is 8.95. The number of aliphatic hydroxyl groups excluding tert-OH is 2. The molecule has 4 heteroatoms. The first-order valence-corrected chi connectivity index (χ1v) is 4.31. The third-order valence-corrected chi connectivity index (χ3v) is 2.73. The predicted octanol–water partition coefficient (Wildman–Crippen LogP) is -0.999. The zero-order chi connectivity index (χ0) is 8.55. The van der Waals surface area contributed by atoms with E-state index in [1.54, 1.807) is 0 Å². The summed E-state index contributed by atoms with van der Waals surface area (Å²) in [4.78, 5) is 0. The zero-order valence-corrected chi connectivity index (χ0v) is 6.85. The molecule has 2 rings (SSSR count). The van der Waals surface area contributed by atoms with Crippen molar-refractivity contribution >= 4 is 0 Å². The second kappa shape index (κ2) is 3.30. The van der Waals surface area contributed by atoms with Gasteiger partial charge in [-0.3, -0.25) is 0 Å². The molecule has 12 heavy (non-hydrogen) atoms. The second-order valence-electron chi connectivity index (χ2n) is 3.48. The van der Waals surface area contributed by atoms with E-state index in [9.17, 15) is 0 Å². The molecule has 0 bridgehead atoms. The molecule has 2 aliphatic rings. The molecule has 2 aliphatic heterocycles. The second-order valence-corrected chi connectivity index (χ2v) is 3.48. The molecule has 4 atom stereocenters. The van der Waals surface area contributed by atoms with Crippen molar-refractivity contribution in [3.05, 3.63) is 0 Å². The van der Waals surface area contributed by atoms with E-state index in [4.69, 9.17) is 19.7 Å². The van der Waals surface area contributed by atoms with Gasteiger partial charge in [-0.2, -0.15) is 0 Å². The van der Waals surface area contributed by atoms with E-state index in [1.165, 1.54) is 0 Å². The van der Waals surface area contributed by atoms with Crippen molar-refractivity contribution in [2.45, 2.75) is 12.2 Å². The molecule has 0 radical (unpaired) electrons. The number of fused-ring (bicyclic) bond motifs is 1. The minimum Gasteiger partial charge on any atom is -0.396 e. The molecular formula is C8H14O4. The molecular weight excluding hydrogens is 160 g/mol. The lowest BCUT2D eigenvalue weighted by molar-refractivity contribution is 0.0489. The summed E-state index contributed by atoms with van der Waals surface area (Å²) < 4.78 is 10.9. The molecule has 2 N–H and O–H groups in total. The molecule has 0 aliphatic carbocycles. The highest BCUT2D eigenvalue weighted by molar-refractivity contribution is 4.93. The number of hydrogen-bond acceptors (Lipinski definition) is 4. The number of aliphatic hydroxyl groups is 2. The van der Waals surface area contributed by atoms with Crippen molar-refractivity contribution < 1.29 is 19.7 Å². The normalized spacial score (nSPS) is 46.5. The maximum Gasteiger partial charge on any atom is 0.0913 e. The molecule has 4 nitrogen and oxygen atoms in total. The highest BCUT2D eigenvalue weighted by atomic mass is 16.6. The van der Waals surface area contributed by atoms with E-state index < -0.39 is 0 Å². The molecule has 0 spiro atoms. The summed E-state index contributed by atoms with van der Waals surface area (Å²) in [7, 11) is 0. The van der Waals surface area contributed by atoms with Crippen LogP contribution < -0.4 is 0 Å². The van der Waals surface area contributed by atoms with Crippen molar-refractivity contribution in [1.82, 2.24) is 0 Å². The lowest BCUT2D eigenvalue weighted by atomic mass is 9.97. The van der Waals surface area contributed by atoms with Crippen LogP contribution in [0.25, 0.3) is 0 Å². The van der Waals surface area contributed by atoms with Gasteiger partial charge in [0, 0.05) is 11.8 Å². The zero-order valence-electron chi connectivity index (χ0n) is 6.85. The van der Waals surface area contributed by atoms with E-state index >= 15 is 0 Å². The number of hydrogen-bond donors (Lipinski definition) is 2. The SMILES string of the molecule is OCC1CO[C@@H]2C(CO)COC12. The summed E-state index contributed by atoms with van der Waals surface area (Å²) in [6.45, 7) is 1.34. The topological polar surface area (TPSA) is 58.9 Å². The van der Waals surface area contributed by atoms with Gasteiger partial charge in [0.15, 0.2) is 0 Å². The van der Waals surface area contributed by atoms with Crippen LogP contribution in [-0.4, -0.2) is 48.8 Å². The first kappa shape index (κ1) is 8.44. The van der Waals surface area contributed by atoms with Crippen LogP contribution in [0.5, 0.6) is 0 Å². The Labute approximate surface area is 71.1 Å². The fourth-order valence-corrected chi connectivity index (χ4v) is 1.97. The third-order valence-electron chi connectivity index (χ3n) is 2.73. The van der Waals surface area contributed by atoms with Crippen LogP contribution in [0.2, 0.25) is 0 Å². The first-order valence-electron chi connectivity index (χ1n) is 4.31. The molecule has 0 aromatic heterocycles. The largest absolute Gasteiger partial charge is 0.396 e. The van der Waals surface area contributed by atoms with Gasteiger partial charge in [0.2, 0.25) is 0 Å². The highest BCUT2D eigenvalue weighted by Crippen LogP contribution is 2.33. The Morgan fingerprint density at radius 3 is 1.67 bits per heavy atom. The van der Waals surface area contributed by atoms with Gasteiger partial charge in [-0.1, -0.05) is 0 Å². The van der Waals surface area contributed by atoms with E-state index in [2.05, 4.69) is 0 Å². The first-order chi connectivity index (χ1) is 5.86. The molecule has 0 aromatic carbocycles. The Hall–Kier alpha value is -0.160. The number of rotatable bonds is 2. The lowest BCUT2D eigenvalue weighted by Crippen LogP contribution is -2.28. The van der Waals surface area contributed by atoms with Crippen molar-refractivity contribution in [2.24, 2.45) is 11.8 Å². The summed E-state index contributed by atoms with van der Waals surface area (Å²) in [5, 5.41) is 17.9. The van der Waals surface area contributed by atoms with Gasteiger partial charge in [0.25, 0.3) is 0 Å². The summed E-state index contributed by atoms with van der Waals surface area (Å²) in [5.74, 6) is 0.207. The van der Waals surface area contributed by atoms with Crippen LogP contribution in [0.15, 0.2) is 0 Å². The van der Waals surface area contributed by atoms with Crippen molar-refractivity contribution in [3.8, 4) is 0 Å². The van der Waals surface area contributed by atoms with Crippen LogP contribution >= 0.6 is 0 Å². The molecule has 2 heterocycles. The molecule has 2 fully saturated rings. The fourth-order valence-electron chi connectivity index (χ4n) is 1.97. The molecule has 0 amide bonds. The van der Waals surface area contributed by atoms with Gasteiger partial charge in [0.1, 0.15) is 0 Å². The van der Waals surface area contributed by atoms with Crippen molar-refractivity contribution in [1.29, 1.82) is 0 Å². The van der Waals surface area contributed by atoms with Crippen LogP contribution in [0.3, 0.4) is 0 Å². The average molecular weight is 174 g/mol. The van der Waals surface area contributed by atoms with Gasteiger partial charge in [0.05, 0.1) is 38.6 Å². The van der Waals surface area contributed by atoms with Crippen LogP contribution in [0.4, 0.5) is 0 Å². The third kappa shape index (κ3) is 1.15. The molecule has 70 valence electrons. The van der Waals surface area contributed by atoms with Crippen LogP contribution in [0, 0.1) is 11.8 Å². The smallest absolute Gasteiger partial charge is 0.0913 e. The Bertz CT molecular complexity index is 143. The van der Waals surface area contributed by atoms with Crippen molar-refractivity contribution in [2.75, 3.05) is 26.4 Å². The van der Waals surface area contributed by atoms with Crippen LogP contribution in [0.1, 0.15) is 0 Å². The van der Waals surface area contributed by atoms with Crippen LogP contribution in [-0.2, 0) is 9.47 Å². The summed E-state index contributed by atoms with van der Waals surface area (Å²) in [6.07, 6.45) is 0.0132. The Balaban J connectivity index is 2.01. The monoisotopic (exact) mass is 174 g/mol. The van der Waals surface area contributed by atoms with Gasteiger partial charge in [-0.05, 0) is 0 Å². The molecule has 0 aromatic rings. The lowest BCUT2D eigenvalue weighted by Gasteiger charge is -2.13. The van der Waals surface area contributed by atoms with Gasteiger partial charge in [-0.25, -0.2) is 0 Å². The van der Waals surface area contributed by atoms with E-state index in [0.29, 0.717) is 13.2 Å². The Morgan fingerprint density at radius 1 is 0.917 bits per heavy atom. The van der Waals surface area contributed by atoms with Gasteiger partial charge in [-0.15, -0.1) is 0 Å². The summed E-state index contributed by atoms with van der Waals surface area (Å²) in [6, 6.07) is 0.